The standard InChI is InChI=1S/C11H12BrFO3/c12-5-4-10(15)11(16)7-2-1-3-9(13)8(7)6-14/h1-3,6,10-11,15-16H,4-5H2. The Kier molecular flexibility index (Phi) is 5.05. The maximum absolute atomic E-state index is 13.2. The minimum atomic E-state index is -1.26. The van der Waals surface area contributed by atoms with Crippen LogP contribution in [-0.4, -0.2) is 27.9 Å². The zero-order valence-corrected chi connectivity index (χ0v) is 10.0. The van der Waals surface area contributed by atoms with Gasteiger partial charge in [0, 0.05) is 5.33 Å². The van der Waals surface area contributed by atoms with Gasteiger partial charge in [-0.3, -0.25) is 4.79 Å². The van der Waals surface area contributed by atoms with Crippen LogP contribution in [0.2, 0.25) is 0 Å². The number of rotatable bonds is 5. The van der Waals surface area contributed by atoms with Gasteiger partial charge in [-0.25, -0.2) is 4.39 Å². The molecule has 0 amide bonds. The molecule has 16 heavy (non-hydrogen) atoms. The van der Waals surface area contributed by atoms with E-state index in [4.69, 9.17) is 0 Å². The van der Waals surface area contributed by atoms with Crippen LogP contribution in [0.25, 0.3) is 0 Å². The van der Waals surface area contributed by atoms with Gasteiger partial charge in [0.15, 0.2) is 6.29 Å². The molecule has 0 aliphatic carbocycles. The van der Waals surface area contributed by atoms with E-state index in [9.17, 15) is 19.4 Å². The van der Waals surface area contributed by atoms with Crippen LogP contribution in [0.1, 0.15) is 28.4 Å². The van der Waals surface area contributed by atoms with E-state index >= 15 is 0 Å². The molecule has 0 bridgehead atoms. The smallest absolute Gasteiger partial charge is 0.153 e. The summed E-state index contributed by atoms with van der Waals surface area (Å²) in [6, 6.07) is 3.95. The van der Waals surface area contributed by atoms with E-state index in [2.05, 4.69) is 15.9 Å². The molecule has 2 unspecified atom stereocenters. The topological polar surface area (TPSA) is 57.5 Å². The van der Waals surface area contributed by atoms with Crippen molar-refractivity contribution in [3.05, 3.63) is 35.1 Å². The molecule has 0 aliphatic rings. The van der Waals surface area contributed by atoms with Gasteiger partial charge in [0.05, 0.1) is 11.7 Å². The number of alkyl halides is 1. The molecule has 0 aromatic heterocycles. The molecule has 1 rings (SSSR count). The number of aliphatic hydroxyl groups is 2. The van der Waals surface area contributed by atoms with E-state index in [1.807, 2.05) is 0 Å². The zero-order valence-electron chi connectivity index (χ0n) is 8.44. The Balaban J connectivity index is 3.03. The molecule has 0 saturated carbocycles. The normalized spacial score (nSPS) is 14.5. The Bertz CT molecular complexity index is 370. The van der Waals surface area contributed by atoms with Crippen molar-refractivity contribution in [1.82, 2.24) is 0 Å². The first-order valence-corrected chi connectivity index (χ1v) is 5.89. The number of aldehydes is 1. The second-order valence-corrected chi connectivity index (χ2v) is 4.14. The number of hydrogen-bond acceptors (Lipinski definition) is 3. The van der Waals surface area contributed by atoms with E-state index < -0.39 is 18.0 Å². The highest BCUT2D eigenvalue weighted by Crippen LogP contribution is 2.23. The van der Waals surface area contributed by atoms with Crippen LogP contribution in [-0.2, 0) is 0 Å². The van der Waals surface area contributed by atoms with Gasteiger partial charge < -0.3 is 10.2 Å². The molecule has 1 aromatic carbocycles. The first kappa shape index (κ1) is 13.3. The van der Waals surface area contributed by atoms with Gasteiger partial charge >= 0.3 is 0 Å². The molecular formula is C11H12BrFO3. The van der Waals surface area contributed by atoms with Crippen LogP contribution < -0.4 is 0 Å². The van der Waals surface area contributed by atoms with Gasteiger partial charge in [-0.2, -0.15) is 0 Å². The largest absolute Gasteiger partial charge is 0.390 e. The molecule has 2 atom stereocenters. The number of hydrogen-bond donors (Lipinski definition) is 2. The molecule has 0 heterocycles. The molecular weight excluding hydrogens is 279 g/mol. The lowest BCUT2D eigenvalue weighted by atomic mass is 9.98. The van der Waals surface area contributed by atoms with Crippen molar-refractivity contribution in [3.8, 4) is 0 Å². The van der Waals surface area contributed by atoms with E-state index in [1.54, 1.807) is 0 Å². The summed E-state index contributed by atoms with van der Waals surface area (Å²) in [5.41, 5.74) is -0.0907. The van der Waals surface area contributed by atoms with Crippen molar-refractivity contribution in [2.24, 2.45) is 0 Å². The monoisotopic (exact) mass is 290 g/mol. The SMILES string of the molecule is O=Cc1c(F)cccc1C(O)C(O)CCBr. The molecule has 2 N–H and O–H groups in total. The molecule has 88 valence electrons. The van der Waals surface area contributed by atoms with E-state index in [-0.39, 0.29) is 11.1 Å². The number of carbonyl (C=O) groups is 1. The molecule has 1 aromatic rings. The first-order chi connectivity index (χ1) is 7.61. The molecule has 0 fully saturated rings. The third-order valence-corrected chi connectivity index (χ3v) is 2.75. The van der Waals surface area contributed by atoms with E-state index in [0.717, 1.165) is 6.07 Å². The van der Waals surface area contributed by atoms with Crippen LogP contribution >= 0.6 is 15.9 Å². The third-order valence-electron chi connectivity index (χ3n) is 2.29. The third kappa shape index (κ3) is 2.87. The highest BCUT2D eigenvalue weighted by molar-refractivity contribution is 9.09. The Hall–Kier alpha value is -0.780. The predicted octanol–water partition coefficient (Wildman–Crippen LogP) is 1.82. The quantitative estimate of drug-likeness (QED) is 0.642. The zero-order chi connectivity index (χ0) is 12.1. The summed E-state index contributed by atoms with van der Waals surface area (Å²) in [6.07, 6.45) is -1.63. The number of aliphatic hydroxyl groups excluding tert-OH is 2. The highest BCUT2D eigenvalue weighted by atomic mass is 79.9. The average molecular weight is 291 g/mol. The summed E-state index contributed by atoms with van der Waals surface area (Å²) in [4.78, 5) is 10.7. The van der Waals surface area contributed by atoms with Gasteiger partial charge in [-0.05, 0) is 18.1 Å². The summed E-state index contributed by atoms with van der Waals surface area (Å²) in [5, 5.41) is 19.8. The lowest BCUT2D eigenvalue weighted by molar-refractivity contribution is 0.0168. The second kappa shape index (κ2) is 6.08. The fourth-order valence-corrected chi connectivity index (χ4v) is 1.88. The van der Waals surface area contributed by atoms with Crippen LogP contribution in [0.4, 0.5) is 4.39 Å². The fraction of sp³-hybridized carbons (Fsp3) is 0.364. The van der Waals surface area contributed by atoms with Crippen molar-refractivity contribution >= 4 is 22.2 Å². The van der Waals surface area contributed by atoms with Gasteiger partial charge in [-0.1, -0.05) is 28.1 Å². The fourth-order valence-electron chi connectivity index (χ4n) is 1.41. The van der Waals surface area contributed by atoms with E-state index in [0.29, 0.717) is 18.0 Å². The van der Waals surface area contributed by atoms with Crippen molar-refractivity contribution in [2.75, 3.05) is 5.33 Å². The Labute approximate surface area is 101 Å². The molecule has 0 aliphatic heterocycles. The minimum absolute atomic E-state index is 0.114. The number of benzene rings is 1. The van der Waals surface area contributed by atoms with Gasteiger partial charge in [0.1, 0.15) is 11.9 Å². The first-order valence-electron chi connectivity index (χ1n) is 4.77. The summed E-state index contributed by atoms with van der Waals surface area (Å²) in [6.45, 7) is 0. The minimum Gasteiger partial charge on any atom is -0.390 e. The predicted molar refractivity (Wildman–Crippen MR) is 61.2 cm³/mol. The molecule has 0 saturated heterocycles. The summed E-state index contributed by atoms with van der Waals surface area (Å²) < 4.78 is 13.2. The van der Waals surface area contributed by atoms with Gasteiger partial charge in [0.25, 0.3) is 0 Å². The van der Waals surface area contributed by atoms with Crippen molar-refractivity contribution in [1.29, 1.82) is 0 Å². The molecule has 5 heteroatoms. The van der Waals surface area contributed by atoms with Gasteiger partial charge in [-0.15, -0.1) is 0 Å². The summed E-state index contributed by atoms with van der Waals surface area (Å²) in [5.74, 6) is -0.697. The van der Waals surface area contributed by atoms with Crippen LogP contribution in [0.5, 0.6) is 0 Å². The molecule has 3 nitrogen and oxygen atoms in total. The lowest BCUT2D eigenvalue weighted by Crippen LogP contribution is -2.20. The Morgan fingerprint density at radius 1 is 1.44 bits per heavy atom. The van der Waals surface area contributed by atoms with Crippen LogP contribution in [0.3, 0.4) is 0 Å². The average Bonchev–Trinajstić information content (AvgIpc) is 2.28. The maximum Gasteiger partial charge on any atom is 0.153 e. The summed E-state index contributed by atoms with van der Waals surface area (Å²) in [7, 11) is 0. The lowest BCUT2D eigenvalue weighted by Gasteiger charge is -2.18. The van der Waals surface area contributed by atoms with Crippen LogP contribution in [0.15, 0.2) is 18.2 Å². The molecule has 0 spiro atoms. The van der Waals surface area contributed by atoms with Crippen LogP contribution in [0, 0.1) is 5.82 Å². The van der Waals surface area contributed by atoms with Crippen molar-refractivity contribution < 1.29 is 19.4 Å². The van der Waals surface area contributed by atoms with Crippen molar-refractivity contribution in [2.45, 2.75) is 18.6 Å². The molecule has 0 radical (unpaired) electrons. The Morgan fingerprint density at radius 3 is 2.69 bits per heavy atom. The maximum atomic E-state index is 13.2. The second-order valence-electron chi connectivity index (χ2n) is 3.35. The van der Waals surface area contributed by atoms with Gasteiger partial charge in [0.2, 0.25) is 0 Å². The number of halogens is 2. The Morgan fingerprint density at radius 2 is 2.12 bits per heavy atom. The van der Waals surface area contributed by atoms with Crippen molar-refractivity contribution in [3.63, 3.8) is 0 Å². The van der Waals surface area contributed by atoms with E-state index in [1.165, 1.54) is 12.1 Å². The highest BCUT2D eigenvalue weighted by Gasteiger charge is 2.21. The number of carbonyl (C=O) groups excluding carboxylic acids is 1. The summed E-state index contributed by atoms with van der Waals surface area (Å²) >= 11 is 3.13.